The average molecular weight is 312 g/mol. The van der Waals surface area contributed by atoms with Gasteiger partial charge in [-0.25, -0.2) is 0 Å². The van der Waals surface area contributed by atoms with Crippen molar-refractivity contribution in [3.05, 3.63) is 59.7 Å². The molecule has 0 aliphatic rings. The number of hydrogen-bond acceptors (Lipinski definition) is 3. The molecule has 0 heterocycles. The Balaban J connectivity index is 1.85. The highest BCUT2D eigenvalue weighted by molar-refractivity contribution is 5.48. The average Bonchev–Trinajstić information content (AvgIpc) is 2.56. The third-order valence-electron chi connectivity index (χ3n) is 4.13. The van der Waals surface area contributed by atoms with Crippen molar-refractivity contribution in [1.82, 2.24) is 0 Å². The Kier molecular flexibility index (Phi) is 6.48. The van der Waals surface area contributed by atoms with Gasteiger partial charge < -0.3 is 15.4 Å². The first-order chi connectivity index (χ1) is 11.1. The van der Waals surface area contributed by atoms with Gasteiger partial charge in [-0.2, -0.15) is 0 Å². The summed E-state index contributed by atoms with van der Waals surface area (Å²) in [6.07, 6.45) is 2.04. The van der Waals surface area contributed by atoms with Crippen molar-refractivity contribution in [2.24, 2.45) is 5.73 Å². The normalized spacial score (nSPS) is 12.0. The minimum Gasteiger partial charge on any atom is -0.494 e. The molecule has 0 amide bonds. The van der Waals surface area contributed by atoms with Crippen molar-refractivity contribution in [3.8, 4) is 5.75 Å². The number of hydrogen-bond donors (Lipinski definition) is 1. The summed E-state index contributed by atoms with van der Waals surface area (Å²) < 4.78 is 5.80. The fourth-order valence-corrected chi connectivity index (χ4v) is 2.63. The zero-order chi connectivity index (χ0) is 16.7. The highest BCUT2D eigenvalue weighted by Crippen LogP contribution is 2.24. The smallest absolute Gasteiger partial charge is 0.119 e. The Hall–Kier alpha value is -2.00. The summed E-state index contributed by atoms with van der Waals surface area (Å²) in [5, 5.41) is 0. The molecule has 2 N–H and O–H groups in total. The van der Waals surface area contributed by atoms with E-state index in [1.807, 2.05) is 12.1 Å². The minimum absolute atomic E-state index is 0.386. The molecule has 0 saturated heterocycles. The lowest BCUT2D eigenvalue weighted by Gasteiger charge is -2.19. The Morgan fingerprint density at radius 3 is 2.48 bits per heavy atom. The van der Waals surface area contributed by atoms with E-state index >= 15 is 0 Å². The molecule has 0 fully saturated rings. The summed E-state index contributed by atoms with van der Waals surface area (Å²) in [6.45, 7) is 3.48. The molecule has 0 aliphatic heterocycles. The fraction of sp³-hybridized carbons (Fsp3) is 0.400. The van der Waals surface area contributed by atoms with Gasteiger partial charge in [-0.1, -0.05) is 29.8 Å². The van der Waals surface area contributed by atoms with E-state index in [-0.39, 0.29) is 0 Å². The second-order valence-electron chi connectivity index (χ2n) is 6.23. The van der Waals surface area contributed by atoms with Crippen molar-refractivity contribution in [1.29, 1.82) is 0 Å². The summed E-state index contributed by atoms with van der Waals surface area (Å²) in [6, 6.07) is 16.8. The van der Waals surface area contributed by atoms with E-state index in [0.717, 1.165) is 25.2 Å². The first-order valence-corrected chi connectivity index (χ1v) is 8.27. The van der Waals surface area contributed by atoms with Gasteiger partial charge in [-0.3, -0.25) is 0 Å². The van der Waals surface area contributed by atoms with Crippen LogP contribution >= 0.6 is 0 Å². The highest BCUT2D eigenvalue weighted by atomic mass is 16.5. The fourth-order valence-electron chi connectivity index (χ4n) is 2.63. The molecule has 0 radical (unpaired) electrons. The van der Waals surface area contributed by atoms with Gasteiger partial charge in [-0.05, 0) is 62.1 Å². The molecule has 0 saturated carbocycles. The van der Waals surface area contributed by atoms with E-state index in [1.54, 1.807) is 0 Å². The summed E-state index contributed by atoms with van der Waals surface area (Å²) >= 11 is 0. The van der Waals surface area contributed by atoms with Crippen LogP contribution in [0.5, 0.6) is 5.75 Å². The molecule has 3 nitrogen and oxygen atoms in total. The Labute approximate surface area is 140 Å². The summed E-state index contributed by atoms with van der Waals surface area (Å²) in [5.74, 6) is 1.33. The molecular weight excluding hydrogens is 284 g/mol. The maximum atomic E-state index is 5.99. The molecular formula is C20H28N2O. The Morgan fingerprint density at radius 2 is 1.83 bits per heavy atom. The SMILES string of the molecule is Cc1ccc(OCCCC(CN)c2cccc(N(C)C)c2)cc1. The van der Waals surface area contributed by atoms with E-state index in [2.05, 4.69) is 62.3 Å². The van der Waals surface area contributed by atoms with E-state index < -0.39 is 0 Å². The molecule has 2 rings (SSSR count). The highest BCUT2D eigenvalue weighted by Gasteiger charge is 2.10. The van der Waals surface area contributed by atoms with Crippen LogP contribution in [0.2, 0.25) is 0 Å². The van der Waals surface area contributed by atoms with Gasteiger partial charge >= 0.3 is 0 Å². The summed E-state index contributed by atoms with van der Waals surface area (Å²) in [7, 11) is 4.12. The first-order valence-electron chi connectivity index (χ1n) is 8.27. The molecule has 0 bridgehead atoms. The number of nitrogens with two attached hydrogens (primary N) is 1. The van der Waals surface area contributed by atoms with Gasteiger partial charge in [-0.15, -0.1) is 0 Å². The second-order valence-corrected chi connectivity index (χ2v) is 6.23. The van der Waals surface area contributed by atoms with E-state index in [1.165, 1.54) is 16.8 Å². The van der Waals surface area contributed by atoms with Crippen LogP contribution in [-0.2, 0) is 0 Å². The van der Waals surface area contributed by atoms with Crippen molar-refractivity contribution in [2.75, 3.05) is 32.1 Å². The molecule has 23 heavy (non-hydrogen) atoms. The monoisotopic (exact) mass is 312 g/mol. The number of benzene rings is 2. The topological polar surface area (TPSA) is 38.5 Å². The summed E-state index contributed by atoms with van der Waals surface area (Å²) in [4.78, 5) is 2.12. The molecule has 124 valence electrons. The van der Waals surface area contributed by atoms with Crippen LogP contribution in [-0.4, -0.2) is 27.2 Å². The predicted octanol–water partition coefficient (Wildman–Crippen LogP) is 3.96. The van der Waals surface area contributed by atoms with E-state index in [9.17, 15) is 0 Å². The zero-order valence-electron chi connectivity index (χ0n) is 14.5. The van der Waals surface area contributed by atoms with Crippen LogP contribution < -0.4 is 15.4 Å². The van der Waals surface area contributed by atoms with Crippen LogP contribution in [0.3, 0.4) is 0 Å². The van der Waals surface area contributed by atoms with Gasteiger partial charge in [0, 0.05) is 19.8 Å². The number of nitrogens with zero attached hydrogens (tertiary/aromatic N) is 1. The third kappa shape index (κ3) is 5.29. The standard InChI is InChI=1S/C20H28N2O/c1-16-9-11-20(12-10-16)23-13-5-7-18(15-21)17-6-4-8-19(14-17)22(2)3/h4,6,8-12,14,18H,5,7,13,15,21H2,1-3H3. The Morgan fingerprint density at radius 1 is 1.09 bits per heavy atom. The molecule has 2 aromatic rings. The van der Waals surface area contributed by atoms with Crippen molar-refractivity contribution >= 4 is 5.69 Å². The van der Waals surface area contributed by atoms with Crippen LogP contribution in [0.4, 0.5) is 5.69 Å². The lowest BCUT2D eigenvalue weighted by molar-refractivity contribution is 0.301. The van der Waals surface area contributed by atoms with Crippen LogP contribution in [0.15, 0.2) is 48.5 Å². The van der Waals surface area contributed by atoms with E-state index in [4.69, 9.17) is 10.5 Å². The lowest BCUT2D eigenvalue weighted by Crippen LogP contribution is -2.15. The number of rotatable bonds is 8. The molecule has 0 spiro atoms. The van der Waals surface area contributed by atoms with Crippen molar-refractivity contribution in [2.45, 2.75) is 25.7 Å². The number of aryl methyl sites for hydroxylation is 1. The maximum absolute atomic E-state index is 5.99. The van der Waals surface area contributed by atoms with Crippen LogP contribution in [0, 0.1) is 6.92 Å². The minimum atomic E-state index is 0.386. The van der Waals surface area contributed by atoms with Crippen LogP contribution in [0.1, 0.15) is 29.9 Å². The zero-order valence-corrected chi connectivity index (χ0v) is 14.5. The largest absolute Gasteiger partial charge is 0.494 e. The van der Waals surface area contributed by atoms with Gasteiger partial charge in [0.1, 0.15) is 5.75 Å². The lowest BCUT2D eigenvalue weighted by atomic mass is 9.94. The molecule has 0 aromatic heterocycles. The Bertz CT molecular complexity index is 593. The summed E-state index contributed by atoms with van der Waals surface area (Å²) in [5.41, 5.74) is 9.77. The van der Waals surface area contributed by atoms with E-state index in [0.29, 0.717) is 12.5 Å². The predicted molar refractivity (Wildman–Crippen MR) is 98.5 cm³/mol. The molecule has 1 atom stereocenters. The second kappa shape index (κ2) is 8.59. The van der Waals surface area contributed by atoms with Gasteiger partial charge in [0.2, 0.25) is 0 Å². The van der Waals surface area contributed by atoms with Crippen molar-refractivity contribution in [3.63, 3.8) is 0 Å². The number of ether oxygens (including phenoxy) is 1. The molecule has 3 heteroatoms. The van der Waals surface area contributed by atoms with Gasteiger partial charge in [0.15, 0.2) is 0 Å². The molecule has 0 aliphatic carbocycles. The third-order valence-corrected chi connectivity index (χ3v) is 4.13. The quantitative estimate of drug-likeness (QED) is 0.750. The molecule has 1 unspecified atom stereocenters. The van der Waals surface area contributed by atoms with Crippen molar-refractivity contribution < 1.29 is 4.74 Å². The van der Waals surface area contributed by atoms with Gasteiger partial charge in [0.05, 0.1) is 6.61 Å². The van der Waals surface area contributed by atoms with Crippen LogP contribution in [0.25, 0.3) is 0 Å². The van der Waals surface area contributed by atoms with Gasteiger partial charge in [0.25, 0.3) is 0 Å². The molecule has 2 aromatic carbocycles. The maximum Gasteiger partial charge on any atom is 0.119 e. The first kappa shape index (κ1) is 17.4. The number of anilines is 1.